The van der Waals surface area contributed by atoms with Gasteiger partial charge in [0.25, 0.3) is 0 Å². The van der Waals surface area contributed by atoms with Gasteiger partial charge >= 0.3 is 18.7 Å². The third kappa shape index (κ3) is 8.28. The second-order valence-corrected chi connectivity index (χ2v) is 8.16. The second kappa shape index (κ2) is 12.2. The molecule has 1 N–H and O–H groups in total. The Morgan fingerprint density at radius 3 is 2.08 bits per heavy atom. The summed E-state index contributed by atoms with van der Waals surface area (Å²) in [4.78, 5) is 1.54. The molecule has 0 aliphatic rings. The molecule has 0 heterocycles. The maximum absolute atomic E-state index is 13.3. The standard InChI is InChI=1S/C26H24F7NO3/c27-24(28)26(32,33)37-23-11-4-6-18(14-23)16-34(13-12-19(17-35)25(29,30)31)20-7-5-10-22(15-20)36-21-8-2-1-3-9-21/h1-11,14-15,19,24,35H,12-13,16-17H2. The molecular weight excluding hydrogens is 507 g/mol. The van der Waals surface area contributed by atoms with E-state index in [4.69, 9.17) is 4.74 Å². The number of nitrogens with zero attached hydrogens (tertiary/aromatic N) is 1. The maximum Gasteiger partial charge on any atom is 0.461 e. The number of aliphatic hydroxyl groups excluding tert-OH is 1. The second-order valence-electron chi connectivity index (χ2n) is 8.16. The molecule has 1 atom stereocenters. The highest BCUT2D eigenvalue weighted by Gasteiger charge is 2.44. The summed E-state index contributed by atoms with van der Waals surface area (Å²) >= 11 is 0. The highest BCUT2D eigenvalue weighted by molar-refractivity contribution is 5.52. The van der Waals surface area contributed by atoms with Crippen LogP contribution >= 0.6 is 0 Å². The van der Waals surface area contributed by atoms with Crippen LogP contribution < -0.4 is 14.4 Å². The molecule has 0 aromatic heterocycles. The number of rotatable bonds is 12. The number of aliphatic hydroxyl groups is 1. The van der Waals surface area contributed by atoms with Gasteiger partial charge in [0.1, 0.15) is 17.2 Å². The number of ether oxygens (including phenoxy) is 2. The normalized spacial score (nSPS) is 12.9. The van der Waals surface area contributed by atoms with Crippen molar-refractivity contribution in [2.45, 2.75) is 31.7 Å². The quantitative estimate of drug-likeness (QED) is 0.250. The molecule has 0 fully saturated rings. The van der Waals surface area contributed by atoms with Crippen molar-refractivity contribution in [2.75, 3.05) is 18.1 Å². The number of hydrogen-bond acceptors (Lipinski definition) is 4. The fourth-order valence-electron chi connectivity index (χ4n) is 3.47. The molecule has 0 bridgehead atoms. The molecule has 3 rings (SSSR count). The van der Waals surface area contributed by atoms with Crippen LogP contribution in [0.15, 0.2) is 78.9 Å². The maximum atomic E-state index is 13.3. The van der Waals surface area contributed by atoms with E-state index in [1.807, 2.05) is 0 Å². The lowest BCUT2D eigenvalue weighted by atomic mass is 10.1. The molecule has 3 aromatic rings. The van der Waals surface area contributed by atoms with E-state index < -0.39 is 43.4 Å². The molecule has 0 aliphatic heterocycles. The van der Waals surface area contributed by atoms with Gasteiger partial charge in [-0.15, -0.1) is 0 Å². The lowest BCUT2D eigenvalue weighted by molar-refractivity contribution is -0.253. The molecule has 0 radical (unpaired) electrons. The fourth-order valence-corrected chi connectivity index (χ4v) is 3.47. The molecule has 37 heavy (non-hydrogen) atoms. The summed E-state index contributed by atoms with van der Waals surface area (Å²) in [5.74, 6) is -1.56. The van der Waals surface area contributed by atoms with E-state index in [0.717, 1.165) is 12.1 Å². The third-order valence-electron chi connectivity index (χ3n) is 5.37. The van der Waals surface area contributed by atoms with E-state index in [1.165, 1.54) is 17.0 Å². The molecule has 0 aliphatic carbocycles. The van der Waals surface area contributed by atoms with Gasteiger partial charge in [-0.05, 0) is 48.4 Å². The lowest BCUT2D eigenvalue weighted by Crippen LogP contribution is -2.33. The summed E-state index contributed by atoms with van der Waals surface area (Å²) < 4.78 is 101. The van der Waals surface area contributed by atoms with Crippen LogP contribution in [0, 0.1) is 5.92 Å². The van der Waals surface area contributed by atoms with Crippen molar-refractivity contribution in [2.24, 2.45) is 5.92 Å². The van der Waals surface area contributed by atoms with Gasteiger partial charge < -0.3 is 19.5 Å². The first kappa shape index (κ1) is 28.1. The Balaban J connectivity index is 1.86. The van der Waals surface area contributed by atoms with Crippen LogP contribution in [0.2, 0.25) is 0 Å². The summed E-state index contributed by atoms with van der Waals surface area (Å²) in [5.41, 5.74) is 0.779. The Morgan fingerprint density at radius 1 is 0.784 bits per heavy atom. The predicted molar refractivity (Wildman–Crippen MR) is 123 cm³/mol. The number of alkyl halides is 7. The first-order valence-electron chi connectivity index (χ1n) is 11.2. The topological polar surface area (TPSA) is 41.9 Å². The van der Waals surface area contributed by atoms with Crippen LogP contribution in [0.5, 0.6) is 17.2 Å². The summed E-state index contributed by atoms with van der Waals surface area (Å²) in [5, 5.41) is 9.23. The summed E-state index contributed by atoms with van der Waals surface area (Å²) in [7, 11) is 0. The Labute approximate surface area is 208 Å². The highest BCUT2D eigenvalue weighted by atomic mass is 19.4. The Hall–Kier alpha value is -3.47. The largest absolute Gasteiger partial charge is 0.461 e. The van der Waals surface area contributed by atoms with Gasteiger partial charge in [-0.3, -0.25) is 0 Å². The molecule has 1 unspecified atom stereocenters. The molecule has 0 amide bonds. The molecule has 11 heteroatoms. The number of halogens is 7. The van der Waals surface area contributed by atoms with Crippen LogP contribution in [-0.4, -0.2) is 37.0 Å². The Bertz CT molecular complexity index is 1130. The Morgan fingerprint density at radius 2 is 1.43 bits per heavy atom. The van der Waals surface area contributed by atoms with Gasteiger partial charge in [-0.25, -0.2) is 0 Å². The summed E-state index contributed by atoms with van der Waals surface area (Å²) in [6, 6.07) is 20.3. The first-order chi connectivity index (χ1) is 17.5. The number of anilines is 1. The van der Waals surface area contributed by atoms with Gasteiger partial charge in [0.05, 0.1) is 12.5 Å². The van der Waals surface area contributed by atoms with E-state index in [0.29, 0.717) is 22.7 Å². The van der Waals surface area contributed by atoms with E-state index in [2.05, 4.69) is 4.74 Å². The predicted octanol–water partition coefficient (Wildman–Crippen LogP) is 7.28. The zero-order valence-corrected chi connectivity index (χ0v) is 19.3. The van der Waals surface area contributed by atoms with Crippen molar-refractivity contribution in [1.82, 2.24) is 0 Å². The average molecular weight is 531 g/mol. The van der Waals surface area contributed by atoms with Crippen LogP contribution in [0.3, 0.4) is 0 Å². The first-order valence-corrected chi connectivity index (χ1v) is 11.2. The van der Waals surface area contributed by atoms with Gasteiger partial charge in [0, 0.05) is 24.8 Å². The fraction of sp³-hybridized carbons (Fsp3) is 0.308. The molecule has 3 aromatic carbocycles. The number of hydrogen-bond donors (Lipinski definition) is 1. The number of para-hydroxylation sites is 1. The van der Waals surface area contributed by atoms with E-state index in [9.17, 15) is 35.8 Å². The summed E-state index contributed by atoms with van der Waals surface area (Å²) in [6.45, 7) is -1.33. The average Bonchev–Trinajstić information content (AvgIpc) is 2.83. The van der Waals surface area contributed by atoms with Gasteiger partial charge in [-0.2, -0.15) is 30.7 Å². The summed E-state index contributed by atoms with van der Waals surface area (Å²) in [6.07, 6.45) is -13.8. The molecule has 0 saturated heterocycles. The zero-order chi connectivity index (χ0) is 27.1. The van der Waals surface area contributed by atoms with Gasteiger partial charge in [0.2, 0.25) is 0 Å². The van der Waals surface area contributed by atoms with Crippen molar-refractivity contribution in [3.63, 3.8) is 0 Å². The third-order valence-corrected chi connectivity index (χ3v) is 5.37. The van der Waals surface area contributed by atoms with Crippen molar-refractivity contribution >= 4 is 5.69 Å². The molecule has 4 nitrogen and oxygen atoms in total. The highest BCUT2D eigenvalue weighted by Crippen LogP contribution is 2.32. The Kier molecular flexibility index (Phi) is 9.25. The molecular formula is C26H24F7NO3. The smallest absolute Gasteiger partial charge is 0.457 e. The minimum Gasteiger partial charge on any atom is -0.457 e. The van der Waals surface area contributed by atoms with Crippen LogP contribution in [0.4, 0.5) is 36.4 Å². The number of benzene rings is 3. The van der Waals surface area contributed by atoms with Gasteiger partial charge in [-0.1, -0.05) is 36.4 Å². The van der Waals surface area contributed by atoms with Crippen LogP contribution in [0.1, 0.15) is 12.0 Å². The molecule has 200 valence electrons. The minimum atomic E-state index is -4.71. The van der Waals surface area contributed by atoms with Crippen molar-refractivity contribution in [3.05, 3.63) is 84.4 Å². The van der Waals surface area contributed by atoms with Crippen molar-refractivity contribution in [3.8, 4) is 17.2 Å². The van der Waals surface area contributed by atoms with Crippen LogP contribution in [-0.2, 0) is 6.54 Å². The van der Waals surface area contributed by atoms with E-state index in [1.54, 1.807) is 54.6 Å². The lowest BCUT2D eigenvalue weighted by Gasteiger charge is -2.28. The SMILES string of the molecule is OCC(CCN(Cc1cccc(OC(F)(F)C(F)F)c1)c1cccc(Oc2ccccc2)c1)C(F)(F)F. The molecule has 0 spiro atoms. The van der Waals surface area contributed by atoms with Crippen LogP contribution in [0.25, 0.3) is 0 Å². The molecule has 0 saturated carbocycles. The van der Waals surface area contributed by atoms with Gasteiger partial charge in [0.15, 0.2) is 0 Å². The van der Waals surface area contributed by atoms with Crippen molar-refractivity contribution < 1.29 is 45.3 Å². The monoisotopic (exact) mass is 531 g/mol. The van der Waals surface area contributed by atoms with Crippen molar-refractivity contribution in [1.29, 1.82) is 0 Å². The van der Waals surface area contributed by atoms with E-state index >= 15 is 0 Å². The zero-order valence-electron chi connectivity index (χ0n) is 19.3. The van der Waals surface area contributed by atoms with E-state index in [-0.39, 0.29) is 13.1 Å². The minimum absolute atomic E-state index is 0.0672.